The highest BCUT2D eigenvalue weighted by Gasteiger charge is 2.02. The summed E-state index contributed by atoms with van der Waals surface area (Å²) in [7, 11) is 0. The molecule has 69 valence electrons. The van der Waals surface area contributed by atoms with E-state index >= 15 is 0 Å². The average Bonchev–Trinajstić information content (AvgIpc) is 2.20. The second-order valence-electron chi connectivity index (χ2n) is 3.24. The van der Waals surface area contributed by atoms with Crippen molar-refractivity contribution in [2.75, 3.05) is 0 Å². The molecule has 0 heterocycles. The van der Waals surface area contributed by atoms with E-state index in [4.69, 9.17) is 0 Å². The van der Waals surface area contributed by atoms with Crippen LogP contribution in [-0.2, 0) is 0 Å². The van der Waals surface area contributed by atoms with E-state index in [1.165, 1.54) is 6.07 Å². The summed E-state index contributed by atoms with van der Waals surface area (Å²) in [5.74, 6) is -0.190. The van der Waals surface area contributed by atoms with Crippen molar-refractivity contribution in [1.82, 2.24) is 0 Å². The van der Waals surface area contributed by atoms with Crippen LogP contribution >= 0.6 is 0 Å². The molecular weight excluding hydrogens is 175 g/mol. The van der Waals surface area contributed by atoms with Crippen molar-refractivity contribution in [2.45, 2.75) is 6.92 Å². The van der Waals surface area contributed by atoms with Crippen LogP contribution in [0.1, 0.15) is 5.56 Å². The molecular formula is C13H10F. The van der Waals surface area contributed by atoms with Crippen molar-refractivity contribution in [3.05, 3.63) is 59.9 Å². The molecule has 1 radical (unpaired) electrons. The topological polar surface area (TPSA) is 0 Å². The Bertz CT molecular complexity index is 429. The molecule has 0 amide bonds. The second-order valence-corrected chi connectivity index (χ2v) is 3.24. The number of aryl methyl sites for hydroxylation is 1. The van der Waals surface area contributed by atoms with E-state index < -0.39 is 0 Å². The highest BCUT2D eigenvalue weighted by atomic mass is 19.1. The van der Waals surface area contributed by atoms with Gasteiger partial charge in [0.15, 0.2) is 0 Å². The maximum absolute atomic E-state index is 13.4. The molecule has 0 saturated heterocycles. The van der Waals surface area contributed by atoms with Gasteiger partial charge in [0.2, 0.25) is 0 Å². The molecule has 0 aliphatic carbocycles. The van der Waals surface area contributed by atoms with Gasteiger partial charge < -0.3 is 0 Å². The van der Waals surface area contributed by atoms with E-state index in [1.54, 1.807) is 12.1 Å². The third-order valence-corrected chi connectivity index (χ3v) is 2.15. The predicted octanol–water partition coefficient (Wildman–Crippen LogP) is 3.60. The molecule has 2 aromatic rings. The molecule has 0 unspecified atom stereocenters. The first-order chi connectivity index (χ1) is 6.77. The van der Waals surface area contributed by atoms with Crippen molar-refractivity contribution in [2.24, 2.45) is 0 Å². The Balaban J connectivity index is 2.50. The molecule has 0 N–H and O–H groups in total. The molecule has 0 aliphatic rings. The lowest BCUT2D eigenvalue weighted by Gasteiger charge is -2.02. The average molecular weight is 185 g/mol. The maximum Gasteiger partial charge on any atom is 0.131 e. The van der Waals surface area contributed by atoms with Gasteiger partial charge in [-0.3, -0.25) is 0 Å². The Morgan fingerprint density at radius 2 is 1.86 bits per heavy atom. The van der Waals surface area contributed by atoms with Crippen LogP contribution < -0.4 is 0 Å². The molecule has 0 nitrogen and oxygen atoms in total. The molecule has 0 aliphatic heterocycles. The second kappa shape index (κ2) is 3.62. The zero-order valence-corrected chi connectivity index (χ0v) is 7.92. The van der Waals surface area contributed by atoms with Crippen molar-refractivity contribution >= 4 is 0 Å². The van der Waals surface area contributed by atoms with E-state index in [2.05, 4.69) is 6.07 Å². The number of hydrogen-bond acceptors (Lipinski definition) is 0. The van der Waals surface area contributed by atoms with E-state index in [-0.39, 0.29) is 5.82 Å². The molecule has 0 atom stereocenters. The Morgan fingerprint density at radius 3 is 2.50 bits per heavy atom. The minimum atomic E-state index is -0.190. The summed E-state index contributed by atoms with van der Waals surface area (Å²) in [5, 5.41) is 0. The van der Waals surface area contributed by atoms with Gasteiger partial charge in [-0.25, -0.2) is 4.39 Å². The minimum absolute atomic E-state index is 0.190. The fourth-order valence-corrected chi connectivity index (χ4v) is 1.37. The van der Waals surface area contributed by atoms with Crippen molar-refractivity contribution in [3.63, 3.8) is 0 Å². The van der Waals surface area contributed by atoms with Crippen LogP contribution in [0.25, 0.3) is 11.1 Å². The predicted molar refractivity (Wildman–Crippen MR) is 55.4 cm³/mol. The summed E-state index contributed by atoms with van der Waals surface area (Å²) in [4.78, 5) is 0. The first-order valence-corrected chi connectivity index (χ1v) is 4.50. The fourth-order valence-electron chi connectivity index (χ4n) is 1.37. The molecule has 14 heavy (non-hydrogen) atoms. The number of hydrogen-bond donors (Lipinski definition) is 0. The molecule has 0 saturated carbocycles. The Kier molecular flexibility index (Phi) is 2.32. The lowest BCUT2D eigenvalue weighted by Crippen LogP contribution is -1.83. The fraction of sp³-hybridized carbons (Fsp3) is 0.0769. The summed E-state index contributed by atoms with van der Waals surface area (Å²) in [6, 6.07) is 15.5. The van der Waals surface area contributed by atoms with Crippen LogP contribution in [0.4, 0.5) is 4.39 Å². The zero-order valence-electron chi connectivity index (χ0n) is 7.92. The van der Waals surface area contributed by atoms with Crippen molar-refractivity contribution in [1.29, 1.82) is 0 Å². The monoisotopic (exact) mass is 185 g/mol. The van der Waals surface area contributed by atoms with Crippen LogP contribution in [0.2, 0.25) is 0 Å². The Morgan fingerprint density at radius 1 is 1.07 bits per heavy atom. The van der Waals surface area contributed by atoms with Gasteiger partial charge in [-0.05, 0) is 36.2 Å². The molecule has 1 heteroatoms. The number of rotatable bonds is 1. The van der Waals surface area contributed by atoms with Gasteiger partial charge in [0.05, 0.1) is 0 Å². The first kappa shape index (κ1) is 8.95. The zero-order chi connectivity index (χ0) is 9.97. The summed E-state index contributed by atoms with van der Waals surface area (Å²) < 4.78 is 13.4. The Labute approximate surface area is 83.0 Å². The van der Waals surface area contributed by atoms with Gasteiger partial charge in [-0.15, -0.1) is 0 Å². The maximum atomic E-state index is 13.4. The normalized spacial score (nSPS) is 10.1. The van der Waals surface area contributed by atoms with Crippen LogP contribution in [0.15, 0.2) is 42.5 Å². The molecule has 2 aromatic carbocycles. The number of halogens is 1. The van der Waals surface area contributed by atoms with E-state index in [0.717, 1.165) is 11.1 Å². The molecule has 0 spiro atoms. The molecule has 0 bridgehead atoms. The molecule has 0 aromatic heterocycles. The summed E-state index contributed by atoms with van der Waals surface area (Å²) in [6.45, 7) is 1.96. The van der Waals surface area contributed by atoms with E-state index in [0.29, 0.717) is 5.56 Å². The standard InChI is InChI=1S/C13H10F/c1-10-6-8-11(9-7-10)12-4-2-3-5-13(12)14/h2-6,8-9H,1H3. The first-order valence-electron chi connectivity index (χ1n) is 4.50. The lowest BCUT2D eigenvalue weighted by atomic mass is 10.0. The van der Waals surface area contributed by atoms with Crippen molar-refractivity contribution in [3.8, 4) is 11.1 Å². The summed E-state index contributed by atoms with van der Waals surface area (Å²) >= 11 is 0. The third kappa shape index (κ3) is 1.67. The number of benzene rings is 2. The van der Waals surface area contributed by atoms with Crippen LogP contribution in [0.3, 0.4) is 0 Å². The van der Waals surface area contributed by atoms with Gasteiger partial charge in [0.1, 0.15) is 5.82 Å². The largest absolute Gasteiger partial charge is 0.206 e. The van der Waals surface area contributed by atoms with Gasteiger partial charge in [-0.1, -0.05) is 30.3 Å². The third-order valence-electron chi connectivity index (χ3n) is 2.15. The quantitative estimate of drug-likeness (QED) is 0.636. The van der Waals surface area contributed by atoms with Crippen LogP contribution in [0.5, 0.6) is 0 Å². The van der Waals surface area contributed by atoms with Gasteiger partial charge in [-0.2, -0.15) is 0 Å². The molecule has 0 fully saturated rings. The van der Waals surface area contributed by atoms with Crippen molar-refractivity contribution < 1.29 is 4.39 Å². The summed E-state index contributed by atoms with van der Waals surface area (Å²) in [6.07, 6.45) is 0. The van der Waals surface area contributed by atoms with Crippen LogP contribution in [-0.4, -0.2) is 0 Å². The lowest BCUT2D eigenvalue weighted by molar-refractivity contribution is 0.631. The smallest absolute Gasteiger partial charge is 0.131 e. The van der Waals surface area contributed by atoms with Crippen LogP contribution in [0, 0.1) is 18.8 Å². The summed E-state index contributed by atoms with van der Waals surface area (Å²) in [5.41, 5.74) is 2.56. The van der Waals surface area contributed by atoms with Gasteiger partial charge >= 0.3 is 0 Å². The van der Waals surface area contributed by atoms with E-state index in [9.17, 15) is 4.39 Å². The van der Waals surface area contributed by atoms with Gasteiger partial charge in [0, 0.05) is 5.56 Å². The SMILES string of the molecule is Cc1[c]cc(-c2ccccc2F)cc1. The van der Waals surface area contributed by atoms with Gasteiger partial charge in [0.25, 0.3) is 0 Å². The highest BCUT2D eigenvalue weighted by Crippen LogP contribution is 2.22. The Hall–Kier alpha value is -1.63. The molecule has 2 rings (SSSR count). The highest BCUT2D eigenvalue weighted by molar-refractivity contribution is 5.63. The van der Waals surface area contributed by atoms with E-state index in [1.807, 2.05) is 31.2 Å². The minimum Gasteiger partial charge on any atom is -0.206 e.